The third kappa shape index (κ3) is 3.16. The summed E-state index contributed by atoms with van der Waals surface area (Å²) in [7, 11) is 0. The summed E-state index contributed by atoms with van der Waals surface area (Å²) in [6.07, 6.45) is 6.09. The molecule has 1 rings (SSSR count). The minimum atomic E-state index is 0.329. The van der Waals surface area contributed by atoms with Crippen molar-refractivity contribution in [1.29, 1.82) is 0 Å². The second-order valence-corrected chi connectivity index (χ2v) is 4.86. The van der Waals surface area contributed by atoms with Crippen molar-refractivity contribution in [2.45, 2.75) is 32.6 Å². The predicted molar refractivity (Wildman–Crippen MR) is 73.9 cm³/mol. The van der Waals surface area contributed by atoms with Gasteiger partial charge in [-0.3, -0.25) is 0 Å². The number of halogens is 3. The second-order valence-electron chi connectivity index (χ2n) is 3.67. The first-order valence-corrected chi connectivity index (χ1v) is 6.49. The number of allylic oxidation sites excluding steroid dienone is 2. The molecule has 0 spiro atoms. The lowest BCUT2D eigenvalue weighted by Crippen LogP contribution is -1.98. The van der Waals surface area contributed by atoms with Crippen LogP contribution in [0.5, 0.6) is 0 Å². The molecule has 1 atom stereocenters. The molecule has 1 aromatic rings. The molecule has 0 N–H and O–H groups in total. The van der Waals surface area contributed by atoms with E-state index in [1.54, 1.807) is 6.07 Å². The minimum Gasteiger partial charge on any atom is -0.0916 e. The lowest BCUT2D eigenvalue weighted by molar-refractivity contribution is 0.674. The Morgan fingerprint density at radius 1 is 1.19 bits per heavy atom. The molecule has 1 unspecified atom stereocenters. The van der Waals surface area contributed by atoms with E-state index in [2.05, 4.69) is 13.0 Å². The van der Waals surface area contributed by atoms with Gasteiger partial charge in [-0.1, -0.05) is 53.9 Å². The SMILES string of the molecule is C/C=C\CC(CC)c1c(Cl)ccc(Cl)c1Cl. The molecule has 0 saturated carbocycles. The largest absolute Gasteiger partial charge is 0.0916 e. The van der Waals surface area contributed by atoms with Crippen LogP contribution in [0.2, 0.25) is 15.1 Å². The Kier molecular flexibility index (Phi) is 5.68. The lowest BCUT2D eigenvalue weighted by Gasteiger charge is -2.17. The van der Waals surface area contributed by atoms with E-state index < -0.39 is 0 Å². The first-order valence-electron chi connectivity index (χ1n) is 5.36. The van der Waals surface area contributed by atoms with E-state index in [1.807, 2.05) is 19.1 Å². The van der Waals surface area contributed by atoms with Gasteiger partial charge in [-0.05, 0) is 43.4 Å². The van der Waals surface area contributed by atoms with Crippen LogP contribution >= 0.6 is 34.8 Å². The summed E-state index contributed by atoms with van der Waals surface area (Å²) in [6, 6.07) is 3.54. The Hall–Kier alpha value is -0.170. The van der Waals surface area contributed by atoms with Crippen molar-refractivity contribution in [2.24, 2.45) is 0 Å². The van der Waals surface area contributed by atoms with Gasteiger partial charge in [-0.25, -0.2) is 0 Å². The van der Waals surface area contributed by atoms with Crippen LogP contribution in [0, 0.1) is 0 Å². The first-order chi connectivity index (χ1) is 7.61. The van der Waals surface area contributed by atoms with Gasteiger partial charge in [0.05, 0.1) is 10.0 Å². The first kappa shape index (κ1) is 13.9. The molecule has 0 heterocycles. The van der Waals surface area contributed by atoms with E-state index >= 15 is 0 Å². The normalized spacial score (nSPS) is 13.3. The average Bonchev–Trinajstić information content (AvgIpc) is 2.28. The summed E-state index contributed by atoms with van der Waals surface area (Å²) >= 11 is 18.4. The Morgan fingerprint density at radius 3 is 2.38 bits per heavy atom. The Bertz CT molecular complexity index is 383. The van der Waals surface area contributed by atoms with Crippen LogP contribution in [0.4, 0.5) is 0 Å². The number of benzene rings is 1. The number of hydrogen-bond donors (Lipinski definition) is 0. The Labute approximate surface area is 112 Å². The maximum Gasteiger partial charge on any atom is 0.0642 e. The summed E-state index contributed by atoms with van der Waals surface area (Å²) in [5.74, 6) is 0.329. The molecule has 0 nitrogen and oxygen atoms in total. The summed E-state index contributed by atoms with van der Waals surface area (Å²) < 4.78 is 0. The van der Waals surface area contributed by atoms with Crippen LogP contribution in [0.25, 0.3) is 0 Å². The predicted octanol–water partition coefficient (Wildman–Crippen LogP) is 6.11. The highest BCUT2D eigenvalue weighted by Crippen LogP contribution is 2.39. The molecule has 3 heteroatoms. The van der Waals surface area contributed by atoms with E-state index in [0.29, 0.717) is 21.0 Å². The van der Waals surface area contributed by atoms with Crippen LogP contribution in [0.1, 0.15) is 38.2 Å². The van der Waals surface area contributed by atoms with E-state index in [0.717, 1.165) is 18.4 Å². The van der Waals surface area contributed by atoms with Gasteiger partial charge >= 0.3 is 0 Å². The molecular formula is C13H15Cl3. The van der Waals surface area contributed by atoms with Crippen molar-refractivity contribution in [3.8, 4) is 0 Å². The highest BCUT2D eigenvalue weighted by atomic mass is 35.5. The van der Waals surface area contributed by atoms with Crippen LogP contribution in [0.3, 0.4) is 0 Å². The van der Waals surface area contributed by atoms with Gasteiger partial charge in [0.1, 0.15) is 0 Å². The molecule has 0 aliphatic heterocycles. The van der Waals surface area contributed by atoms with Gasteiger partial charge in [0, 0.05) is 5.02 Å². The maximum absolute atomic E-state index is 6.21. The van der Waals surface area contributed by atoms with Crippen LogP contribution in [-0.4, -0.2) is 0 Å². The fourth-order valence-corrected chi connectivity index (χ4v) is 2.55. The van der Waals surface area contributed by atoms with E-state index in [-0.39, 0.29) is 0 Å². The fourth-order valence-electron chi connectivity index (χ4n) is 1.71. The van der Waals surface area contributed by atoms with Gasteiger partial charge < -0.3 is 0 Å². The smallest absolute Gasteiger partial charge is 0.0642 e. The fraction of sp³-hybridized carbons (Fsp3) is 0.385. The van der Waals surface area contributed by atoms with Gasteiger partial charge in [-0.2, -0.15) is 0 Å². The molecule has 0 radical (unpaired) electrons. The van der Waals surface area contributed by atoms with Crippen LogP contribution in [-0.2, 0) is 0 Å². The molecule has 1 aromatic carbocycles. The minimum absolute atomic E-state index is 0.329. The average molecular weight is 278 g/mol. The zero-order valence-corrected chi connectivity index (χ0v) is 11.7. The molecule has 88 valence electrons. The van der Waals surface area contributed by atoms with Gasteiger partial charge in [0.2, 0.25) is 0 Å². The number of hydrogen-bond acceptors (Lipinski definition) is 0. The topological polar surface area (TPSA) is 0 Å². The van der Waals surface area contributed by atoms with E-state index in [9.17, 15) is 0 Å². The zero-order chi connectivity index (χ0) is 12.1. The Morgan fingerprint density at radius 2 is 1.81 bits per heavy atom. The Balaban J connectivity index is 3.13. The van der Waals surface area contributed by atoms with Crippen molar-refractivity contribution in [2.75, 3.05) is 0 Å². The highest BCUT2D eigenvalue weighted by molar-refractivity contribution is 6.44. The maximum atomic E-state index is 6.21. The third-order valence-electron chi connectivity index (χ3n) is 2.64. The molecule has 0 aromatic heterocycles. The standard InChI is InChI=1S/C13H15Cl3/c1-3-5-6-9(4-2)12-10(14)7-8-11(15)13(12)16/h3,5,7-9H,4,6H2,1-2H3/b5-3-. The van der Waals surface area contributed by atoms with Crippen molar-refractivity contribution in [3.05, 3.63) is 44.9 Å². The van der Waals surface area contributed by atoms with Gasteiger partial charge in [0.25, 0.3) is 0 Å². The van der Waals surface area contributed by atoms with E-state index in [4.69, 9.17) is 34.8 Å². The summed E-state index contributed by atoms with van der Waals surface area (Å²) in [5.41, 5.74) is 0.969. The molecule has 0 aliphatic rings. The number of rotatable bonds is 4. The molecular weight excluding hydrogens is 263 g/mol. The summed E-state index contributed by atoms with van der Waals surface area (Å²) in [4.78, 5) is 0. The van der Waals surface area contributed by atoms with E-state index in [1.165, 1.54) is 0 Å². The molecule has 16 heavy (non-hydrogen) atoms. The zero-order valence-electron chi connectivity index (χ0n) is 9.43. The van der Waals surface area contributed by atoms with Crippen molar-refractivity contribution in [1.82, 2.24) is 0 Å². The summed E-state index contributed by atoms with van der Waals surface area (Å²) in [5, 5.41) is 1.86. The monoisotopic (exact) mass is 276 g/mol. The molecule has 0 aliphatic carbocycles. The third-order valence-corrected chi connectivity index (χ3v) is 3.79. The van der Waals surface area contributed by atoms with Gasteiger partial charge in [0.15, 0.2) is 0 Å². The molecule has 0 saturated heterocycles. The molecule has 0 amide bonds. The van der Waals surface area contributed by atoms with Crippen LogP contribution < -0.4 is 0 Å². The summed E-state index contributed by atoms with van der Waals surface area (Å²) in [6.45, 7) is 4.13. The van der Waals surface area contributed by atoms with Gasteiger partial charge in [-0.15, -0.1) is 0 Å². The lowest BCUT2D eigenvalue weighted by atomic mass is 9.93. The van der Waals surface area contributed by atoms with Crippen molar-refractivity contribution in [3.63, 3.8) is 0 Å². The second kappa shape index (κ2) is 6.54. The molecule has 0 bridgehead atoms. The highest BCUT2D eigenvalue weighted by Gasteiger charge is 2.17. The van der Waals surface area contributed by atoms with Crippen molar-refractivity contribution >= 4 is 34.8 Å². The van der Waals surface area contributed by atoms with Crippen molar-refractivity contribution < 1.29 is 0 Å². The quantitative estimate of drug-likeness (QED) is 0.460. The van der Waals surface area contributed by atoms with Crippen LogP contribution in [0.15, 0.2) is 24.3 Å². The molecule has 0 fully saturated rings.